The Kier molecular flexibility index (Phi) is 5.55. The Labute approximate surface area is 157 Å². The van der Waals surface area contributed by atoms with Crippen molar-refractivity contribution in [1.82, 2.24) is 0 Å². The van der Waals surface area contributed by atoms with Crippen LogP contribution in [0.4, 0.5) is 13.2 Å². The molecule has 1 heterocycles. The van der Waals surface area contributed by atoms with Crippen LogP contribution in [0, 0.1) is 0 Å². The van der Waals surface area contributed by atoms with Crippen molar-refractivity contribution in [3.05, 3.63) is 59.0 Å². The van der Waals surface area contributed by atoms with Gasteiger partial charge in [-0.2, -0.15) is 0 Å². The second-order valence-corrected chi connectivity index (χ2v) is 6.51. The van der Waals surface area contributed by atoms with E-state index >= 15 is 0 Å². The van der Waals surface area contributed by atoms with Gasteiger partial charge in [-0.25, -0.2) is 4.79 Å². The van der Waals surface area contributed by atoms with E-state index in [4.69, 9.17) is 9.47 Å². The van der Waals surface area contributed by atoms with Gasteiger partial charge >= 0.3 is 12.3 Å². The third kappa shape index (κ3) is 4.71. The summed E-state index contributed by atoms with van der Waals surface area (Å²) in [4.78, 5) is 12.6. The molecule has 4 nitrogen and oxygen atoms in total. The molecular formula is C19H15F3O4S. The highest BCUT2D eigenvalue weighted by Gasteiger charge is 2.31. The number of esters is 1. The second kappa shape index (κ2) is 7.87. The lowest BCUT2D eigenvalue weighted by Gasteiger charge is -2.10. The third-order valence-electron chi connectivity index (χ3n) is 3.55. The molecule has 0 amide bonds. The molecular weight excluding hydrogens is 381 g/mol. The lowest BCUT2D eigenvalue weighted by molar-refractivity contribution is -0.274. The van der Waals surface area contributed by atoms with Gasteiger partial charge in [-0.1, -0.05) is 24.3 Å². The predicted molar refractivity (Wildman–Crippen MR) is 95.2 cm³/mol. The first-order valence-electron chi connectivity index (χ1n) is 8.03. The topological polar surface area (TPSA) is 44.8 Å². The minimum atomic E-state index is -4.73. The maximum absolute atomic E-state index is 12.2. The average molecular weight is 396 g/mol. The lowest BCUT2D eigenvalue weighted by Crippen LogP contribution is -2.17. The molecule has 2 aromatic carbocycles. The molecule has 1 aromatic heterocycles. The van der Waals surface area contributed by atoms with Crippen LogP contribution < -0.4 is 9.47 Å². The number of benzene rings is 2. The standard InChI is InChI=1S/C19H15F3O4S/c1-2-24-18(23)17-16(14-5-3-4-6-15(14)27-17)25-11-12-7-9-13(10-8-12)26-19(20,21)22/h3-10H,2,11H2,1H3. The maximum atomic E-state index is 12.2. The molecule has 0 unspecified atom stereocenters. The molecule has 0 spiro atoms. The van der Waals surface area contributed by atoms with Crippen LogP contribution in [0.3, 0.4) is 0 Å². The van der Waals surface area contributed by atoms with Crippen LogP contribution in [0.5, 0.6) is 11.5 Å². The Hall–Kier alpha value is -2.74. The molecule has 0 N–H and O–H groups in total. The average Bonchev–Trinajstić information content (AvgIpc) is 2.99. The van der Waals surface area contributed by atoms with Crippen LogP contribution in [-0.4, -0.2) is 18.9 Å². The van der Waals surface area contributed by atoms with E-state index < -0.39 is 12.3 Å². The number of ether oxygens (including phenoxy) is 3. The first-order chi connectivity index (χ1) is 12.9. The number of halogens is 3. The fraction of sp³-hybridized carbons (Fsp3) is 0.211. The minimum Gasteiger partial charge on any atom is -0.486 e. The zero-order valence-corrected chi connectivity index (χ0v) is 15.0. The molecule has 0 atom stereocenters. The minimum absolute atomic E-state index is 0.0828. The molecule has 0 fully saturated rings. The summed E-state index contributed by atoms with van der Waals surface area (Å²) in [6, 6.07) is 12.8. The quantitative estimate of drug-likeness (QED) is 0.512. The zero-order chi connectivity index (χ0) is 19.4. The van der Waals surface area contributed by atoms with Crippen molar-refractivity contribution in [2.24, 2.45) is 0 Å². The summed E-state index contributed by atoms with van der Waals surface area (Å²) >= 11 is 1.27. The van der Waals surface area contributed by atoms with Gasteiger partial charge in [0.05, 0.1) is 6.61 Å². The van der Waals surface area contributed by atoms with E-state index in [9.17, 15) is 18.0 Å². The van der Waals surface area contributed by atoms with Crippen molar-refractivity contribution < 1.29 is 32.2 Å². The normalized spacial score (nSPS) is 11.4. The Morgan fingerprint density at radius 2 is 1.78 bits per heavy atom. The lowest BCUT2D eigenvalue weighted by atomic mass is 10.2. The molecule has 0 aliphatic heterocycles. The Morgan fingerprint density at radius 1 is 1.07 bits per heavy atom. The molecule has 0 aliphatic carbocycles. The number of fused-ring (bicyclic) bond motifs is 1. The zero-order valence-electron chi connectivity index (χ0n) is 14.2. The Morgan fingerprint density at radius 3 is 2.44 bits per heavy atom. The van der Waals surface area contributed by atoms with Gasteiger partial charge in [-0.05, 0) is 36.8 Å². The molecule has 0 saturated carbocycles. The van der Waals surface area contributed by atoms with Gasteiger partial charge in [0.15, 0.2) is 10.6 Å². The molecule has 3 aromatic rings. The predicted octanol–water partition coefficient (Wildman–Crippen LogP) is 5.56. The Balaban J connectivity index is 1.80. The van der Waals surface area contributed by atoms with Crippen molar-refractivity contribution in [2.45, 2.75) is 19.9 Å². The maximum Gasteiger partial charge on any atom is 0.573 e. The molecule has 27 heavy (non-hydrogen) atoms. The highest BCUT2D eigenvalue weighted by atomic mass is 32.1. The smallest absolute Gasteiger partial charge is 0.486 e. The van der Waals surface area contributed by atoms with E-state index in [2.05, 4.69) is 4.74 Å². The van der Waals surface area contributed by atoms with Crippen LogP contribution in [0.1, 0.15) is 22.2 Å². The van der Waals surface area contributed by atoms with Gasteiger partial charge in [0.2, 0.25) is 0 Å². The van der Waals surface area contributed by atoms with E-state index in [0.717, 1.165) is 10.1 Å². The highest BCUT2D eigenvalue weighted by molar-refractivity contribution is 7.21. The van der Waals surface area contributed by atoms with E-state index in [1.54, 1.807) is 6.92 Å². The molecule has 142 valence electrons. The number of hydrogen-bond donors (Lipinski definition) is 0. The van der Waals surface area contributed by atoms with Gasteiger partial charge in [-0.3, -0.25) is 0 Å². The number of rotatable bonds is 6. The summed E-state index contributed by atoms with van der Waals surface area (Å²) in [5, 5.41) is 0.780. The van der Waals surface area contributed by atoms with Gasteiger partial charge in [0.1, 0.15) is 12.4 Å². The fourth-order valence-electron chi connectivity index (χ4n) is 2.44. The monoisotopic (exact) mass is 396 g/mol. The molecule has 3 rings (SSSR count). The first kappa shape index (κ1) is 19.0. The van der Waals surface area contributed by atoms with Gasteiger partial charge < -0.3 is 14.2 Å². The number of carbonyl (C=O) groups excluding carboxylic acids is 1. The van der Waals surface area contributed by atoms with Crippen molar-refractivity contribution in [2.75, 3.05) is 6.61 Å². The summed E-state index contributed by atoms with van der Waals surface area (Å²) in [5.74, 6) is -0.369. The van der Waals surface area contributed by atoms with Gasteiger partial charge in [0.25, 0.3) is 0 Å². The molecule has 0 radical (unpaired) electrons. The number of hydrogen-bond acceptors (Lipinski definition) is 5. The van der Waals surface area contributed by atoms with E-state index in [0.29, 0.717) is 16.2 Å². The van der Waals surface area contributed by atoms with Gasteiger partial charge in [-0.15, -0.1) is 24.5 Å². The van der Waals surface area contributed by atoms with Crippen LogP contribution in [0.2, 0.25) is 0 Å². The largest absolute Gasteiger partial charge is 0.573 e. The molecule has 8 heteroatoms. The number of thiophene rings is 1. The van der Waals surface area contributed by atoms with Crippen LogP contribution in [-0.2, 0) is 11.3 Å². The van der Waals surface area contributed by atoms with Crippen molar-refractivity contribution in [3.63, 3.8) is 0 Å². The summed E-state index contributed by atoms with van der Waals surface area (Å²) < 4.78 is 52.3. The summed E-state index contributed by atoms with van der Waals surface area (Å²) in [5.41, 5.74) is 0.634. The van der Waals surface area contributed by atoms with E-state index in [1.807, 2.05) is 24.3 Å². The summed E-state index contributed by atoms with van der Waals surface area (Å²) in [6.45, 7) is 2.04. The van der Waals surface area contributed by atoms with Crippen LogP contribution in [0.15, 0.2) is 48.5 Å². The van der Waals surface area contributed by atoms with Gasteiger partial charge in [0, 0.05) is 10.1 Å². The van der Waals surface area contributed by atoms with Crippen LogP contribution >= 0.6 is 11.3 Å². The van der Waals surface area contributed by atoms with Crippen molar-refractivity contribution in [3.8, 4) is 11.5 Å². The number of alkyl halides is 3. The Bertz CT molecular complexity index is 932. The molecule has 0 bridgehead atoms. The van der Waals surface area contributed by atoms with E-state index in [-0.39, 0.29) is 19.0 Å². The summed E-state index contributed by atoms with van der Waals surface area (Å²) in [6.07, 6.45) is -4.73. The number of carbonyl (C=O) groups is 1. The van der Waals surface area contributed by atoms with Crippen LogP contribution in [0.25, 0.3) is 10.1 Å². The highest BCUT2D eigenvalue weighted by Crippen LogP contribution is 2.38. The first-order valence-corrected chi connectivity index (χ1v) is 8.85. The molecule has 0 saturated heterocycles. The van der Waals surface area contributed by atoms with Crippen molar-refractivity contribution >= 4 is 27.4 Å². The molecule has 0 aliphatic rings. The SMILES string of the molecule is CCOC(=O)c1sc2ccccc2c1OCc1ccc(OC(F)(F)F)cc1. The fourth-order valence-corrected chi connectivity index (χ4v) is 3.48. The van der Waals surface area contributed by atoms with Crippen molar-refractivity contribution in [1.29, 1.82) is 0 Å². The summed E-state index contributed by atoms with van der Waals surface area (Å²) in [7, 11) is 0. The third-order valence-corrected chi connectivity index (χ3v) is 4.68. The van der Waals surface area contributed by atoms with E-state index in [1.165, 1.54) is 35.6 Å². The second-order valence-electron chi connectivity index (χ2n) is 5.46.